The van der Waals surface area contributed by atoms with Crippen LogP contribution in [-0.2, 0) is 4.74 Å². The third-order valence-corrected chi connectivity index (χ3v) is 5.29. The molecule has 0 spiro atoms. The van der Waals surface area contributed by atoms with E-state index in [0.29, 0.717) is 19.6 Å². The normalized spacial score (nSPS) is 13.9. The molecule has 0 radical (unpaired) electrons. The summed E-state index contributed by atoms with van der Waals surface area (Å²) in [6.07, 6.45) is 4.88. The van der Waals surface area contributed by atoms with Crippen molar-refractivity contribution < 1.29 is 14.3 Å². The average Bonchev–Trinajstić information content (AvgIpc) is 2.90. The summed E-state index contributed by atoms with van der Waals surface area (Å²) in [7, 11) is 0. The SMILES string of the molecule is CCCCOCCOc1ccc(-c2ccc3c(c2)C(=O)CCCN3CCC)cc1. The molecule has 0 N–H and O–H groups in total. The molecule has 29 heavy (non-hydrogen) atoms. The van der Waals surface area contributed by atoms with Crippen molar-refractivity contribution in [1.29, 1.82) is 0 Å². The van der Waals surface area contributed by atoms with Crippen molar-refractivity contribution in [3.8, 4) is 16.9 Å². The number of ether oxygens (including phenoxy) is 2. The Morgan fingerprint density at radius 1 is 0.931 bits per heavy atom. The molecule has 1 heterocycles. The van der Waals surface area contributed by atoms with Crippen LogP contribution in [0.2, 0.25) is 0 Å². The molecule has 1 aliphatic heterocycles. The number of Topliss-reactive ketones (excluding diaryl/α,β-unsaturated/α-hetero) is 1. The van der Waals surface area contributed by atoms with Gasteiger partial charge in [0.05, 0.1) is 6.61 Å². The molecular weight excluding hydrogens is 362 g/mol. The van der Waals surface area contributed by atoms with Gasteiger partial charge in [0.25, 0.3) is 0 Å². The third-order valence-electron chi connectivity index (χ3n) is 5.29. The lowest BCUT2D eigenvalue weighted by Crippen LogP contribution is -2.24. The Balaban J connectivity index is 1.67. The summed E-state index contributed by atoms with van der Waals surface area (Å²) in [6, 6.07) is 14.4. The highest BCUT2D eigenvalue weighted by Crippen LogP contribution is 2.32. The minimum absolute atomic E-state index is 0.253. The van der Waals surface area contributed by atoms with Crippen LogP contribution >= 0.6 is 0 Å². The Kier molecular flexibility index (Phi) is 8.12. The molecule has 0 fully saturated rings. The average molecular weight is 396 g/mol. The Bertz CT molecular complexity index is 785. The van der Waals surface area contributed by atoms with Gasteiger partial charge in [0.15, 0.2) is 5.78 Å². The van der Waals surface area contributed by atoms with Gasteiger partial charge in [0, 0.05) is 37.4 Å². The molecule has 0 amide bonds. The monoisotopic (exact) mass is 395 g/mol. The first kappa shape index (κ1) is 21.4. The number of ketones is 1. The maximum atomic E-state index is 12.6. The van der Waals surface area contributed by atoms with E-state index in [2.05, 4.69) is 49.1 Å². The second-order valence-electron chi connectivity index (χ2n) is 7.58. The van der Waals surface area contributed by atoms with Gasteiger partial charge >= 0.3 is 0 Å². The number of carbonyl (C=O) groups is 1. The summed E-state index contributed by atoms with van der Waals surface area (Å²) in [5, 5.41) is 0. The molecule has 0 aliphatic carbocycles. The van der Waals surface area contributed by atoms with E-state index in [0.717, 1.165) is 73.5 Å². The fourth-order valence-electron chi connectivity index (χ4n) is 3.71. The fraction of sp³-hybridized carbons (Fsp3) is 0.480. The van der Waals surface area contributed by atoms with Gasteiger partial charge < -0.3 is 14.4 Å². The van der Waals surface area contributed by atoms with Gasteiger partial charge in [0.2, 0.25) is 0 Å². The number of rotatable bonds is 10. The lowest BCUT2D eigenvalue weighted by molar-refractivity contribution is 0.0980. The van der Waals surface area contributed by atoms with Gasteiger partial charge in [0.1, 0.15) is 12.4 Å². The van der Waals surface area contributed by atoms with E-state index in [9.17, 15) is 4.79 Å². The number of unbranched alkanes of at least 4 members (excludes halogenated alkanes) is 1. The smallest absolute Gasteiger partial charge is 0.165 e. The van der Waals surface area contributed by atoms with Crippen LogP contribution in [0.15, 0.2) is 42.5 Å². The maximum absolute atomic E-state index is 12.6. The standard InChI is InChI=1S/C25H33NO3/c1-3-5-16-28-17-18-29-22-11-8-20(9-12-22)21-10-13-24-23(19-21)25(27)7-6-15-26(24)14-4-2/h8-13,19H,3-7,14-18H2,1-2H3. The maximum Gasteiger partial charge on any atom is 0.165 e. The lowest BCUT2D eigenvalue weighted by atomic mass is 9.98. The lowest BCUT2D eigenvalue weighted by Gasteiger charge is -2.24. The number of hydrogen-bond donors (Lipinski definition) is 0. The van der Waals surface area contributed by atoms with Crippen molar-refractivity contribution in [2.24, 2.45) is 0 Å². The molecule has 2 aromatic carbocycles. The Morgan fingerprint density at radius 2 is 1.72 bits per heavy atom. The zero-order valence-corrected chi connectivity index (χ0v) is 17.8. The molecule has 3 rings (SSSR count). The summed E-state index contributed by atoms with van der Waals surface area (Å²) >= 11 is 0. The molecule has 1 aliphatic rings. The zero-order chi connectivity index (χ0) is 20.5. The number of carbonyl (C=O) groups excluding carboxylic acids is 1. The summed E-state index contributed by atoms with van der Waals surface area (Å²) < 4.78 is 11.3. The Hall–Kier alpha value is -2.33. The van der Waals surface area contributed by atoms with E-state index < -0.39 is 0 Å². The van der Waals surface area contributed by atoms with Crippen LogP contribution < -0.4 is 9.64 Å². The van der Waals surface area contributed by atoms with Crippen LogP contribution in [0.1, 0.15) is 56.3 Å². The van der Waals surface area contributed by atoms with Gasteiger partial charge in [-0.1, -0.05) is 38.5 Å². The number of benzene rings is 2. The van der Waals surface area contributed by atoms with Gasteiger partial charge in [-0.05, 0) is 54.7 Å². The van der Waals surface area contributed by atoms with Crippen LogP contribution in [0.3, 0.4) is 0 Å². The van der Waals surface area contributed by atoms with Crippen LogP contribution in [0.4, 0.5) is 5.69 Å². The molecule has 4 heteroatoms. The summed E-state index contributed by atoms with van der Waals surface area (Å²) in [5.41, 5.74) is 4.11. The summed E-state index contributed by atoms with van der Waals surface area (Å²) in [5.74, 6) is 1.09. The zero-order valence-electron chi connectivity index (χ0n) is 17.8. The van der Waals surface area contributed by atoms with Crippen LogP contribution in [0, 0.1) is 0 Å². The van der Waals surface area contributed by atoms with Crippen molar-refractivity contribution in [1.82, 2.24) is 0 Å². The molecule has 0 saturated heterocycles. The largest absolute Gasteiger partial charge is 0.491 e. The molecule has 0 unspecified atom stereocenters. The van der Waals surface area contributed by atoms with E-state index >= 15 is 0 Å². The van der Waals surface area contributed by atoms with Crippen LogP contribution in [0.5, 0.6) is 5.75 Å². The third kappa shape index (κ3) is 5.83. The van der Waals surface area contributed by atoms with Crippen LogP contribution in [-0.4, -0.2) is 38.7 Å². The molecule has 0 saturated carbocycles. The highest BCUT2D eigenvalue weighted by molar-refractivity contribution is 6.03. The second-order valence-corrected chi connectivity index (χ2v) is 7.58. The molecular formula is C25H33NO3. The fourth-order valence-corrected chi connectivity index (χ4v) is 3.71. The molecule has 0 bridgehead atoms. The first-order valence-corrected chi connectivity index (χ1v) is 11.0. The topological polar surface area (TPSA) is 38.8 Å². The second kappa shape index (κ2) is 11.0. The van der Waals surface area contributed by atoms with Crippen molar-refractivity contribution >= 4 is 11.5 Å². The van der Waals surface area contributed by atoms with Crippen molar-refractivity contribution in [2.75, 3.05) is 37.8 Å². The van der Waals surface area contributed by atoms with E-state index in [1.54, 1.807) is 0 Å². The van der Waals surface area contributed by atoms with E-state index in [4.69, 9.17) is 9.47 Å². The highest BCUT2D eigenvalue weighted by atomic mass is 16.5. The van der Waals surface area contributed by atoms with Crippen molar-refractivity contribution in [3.05, 3.63) is 48.0 Å². The number of nitrogens with zero attached hydrogens (tertiary/aromatic N) is 1. The van der Waals surface area contributed by atoms with Crippen molar-refractivity contribution in [3.63, 3.8) is 0 Å². The first-order valence-electron chi connectivity index (χ1n) is 11.0. The number of anilines is 1. The summed E-state index contributed by atoms with van der Waals surface area (Å²) in [6.45, 7) is 8.26. The van der Waals surface area contributed by atoms with Crippen LogP contribution in [0.25, 0.3) is 11.1 Å². The minimum Gasteiger partial charge on any atom is -0.491 e. The van der Waals surface area contributed by atoms with Crippen molar-refractivity contribution in [2.45, 2.75) is 46.0 Å². The van der Waals surface area contributed by atoms with E-state index in [-0.39, 0.29) is 5.78 Å². The van der Waals surface area contributed by atoms with Gasteiger partial charge in [-0.3, -0.25) is 4.79 Å². The Morgan fingerprint density at radius 3 is 2.48 bits per heavy atom. The highest BCUT2D eigenvalue weighted by Gasteiger charge is 2.21. The van der Waals surface area contributed by atoms with E-state index in [1.807, 2.05) is 12.1 Å². The molecule has 2 aromatic rings. The number of fused-ring (bicyclic) bond motifs is 1. The summed E-state index contributed by atoms with van der Waals surface area (Å²) in [4.78, 5) is 15.0. The first-order chi connectivity index (χ1) is 14.2. The minimum atomic E-state index is 0.253. The van der Waals surface area contributed by atoms with Gasteiger partial charge in [-0.25, -0.2) is 0 Å². The van der Waals surface area contributed by atoms with Gasteiger partial charge in [-0.2, -0.15) is 0 Å². The molecule has 0 aromatic heterocycles. The Labute approximate surface area is 174 Å². The predicted octanol–water partition coefficient (Wildman–Crippen LogP) is 5.74. The molecule has 4 nitrogen and oxygen atoms in total. The molecule has 0 atom stereocenters. The van der Waals surface area contributed by atoms with E-state index in [1.165, 1.54) is 0 Å². The van der Waals surface area contributed by atoms with Gasteiger partial charge in [-0.15, -0.1) is 0 Å². The number of hydrogen-bond acceptors (Lipinski definition) is 4. The predicted molar refractivity (Wildman–Crippen MR) is 119 cm³/mol. The quantitative estimate of drug-likeness (QED) is 0.481. The molecule has 156 valence electrons.